The molecule has 0 amide bonds. The van der Waals surface area contributed by atoms with Gasteiger partial charge in [-0.05, 0) is 30.4 Å². The van der Waals surface area contributed by atoms with Gasteiger partial charge >= 0.3 is 0 Å². The van der Waals surface area contributed by atoms with E-state index in [2.05, 4.69) is 12.2 Å². The summed E-state index contributed by atoms with van der Waals surface area (Å²) >= 11 is 0. The zero-order chi connectivity index (χ0) is 11.5. The summed E-state index contributed by atoms with van der Waals surface area (Å²) in [5.41, 5.74) is 7.91. The minimum Gasteiger partial charge on any atom is -0.497 e. The summed E-state index contributed by atoms with van der Waals surface area (Å²) in [5.74, 6) is 1.70. The second-order valence-electron chi connectivity index (χ2n) is 4.72. The zero-order valence-corrected chi connectivity index (χ0v) is 9.99. The van der Waals surface area contributed by atoms with Crippen molar-refractivity contribution in [2.75, 3.05) is 12.8 Å². The number of anilines is 1. The van der Waals surface area contributed by atoms with Gasteiger partial charge in [0.2, 0.25) is 0 Å². The molecule has 1 saturated carbocycles. The van der Waals surface area contributed by atoms with Crippen molar-refractivity contribution in [3.05, 3.63) is 23.8 Å². The number of nitrogens with two attached hydrogens (primary N) is 1. The van der Waals surface area contributed by atoms with E-state index in [-0.39, 0.29) is 0 Å². The molecule has 0 saturated heterocycles. The molecule has 3 nitrogen and oxygen atoms in total. The quantitative estimate of drug-likeness (QED) is 0.764. The first kappa shape index (κ1) is 11.3. The van der Waals surface area contributed by atoms with Gasteiger partial charge in [0.1, 0.15) is 5.75 Å². The Kier molecular flexibility index (Phi) is 3.34. The van der Waals surface area contributed by atoms with Gasteiger partial charge < -0.3 is 15.8 Å². The van der Waals surface area contributed by atoms with E-state index in [1.807, 2.05) is 18.2 Å². The Morgan fingerprint density at radius 1 is 1.44 bits per heavy atom. The van der Waals surface area contributed by atoms with Crippen LogP contribution in [0.2, 0.25) is 0 Å². The minimum absolute atomic E-state index is 0.677. The molecule has 0 aromatic heterocycles. The number of hydrogen-bond donors (Lipinski definition) is 2. The maximum absolute atomic E-state index is 5.95. The first-order chi connectivity index (χ1) is 7.69. The lowest BCUT2D eigenvalue weighted by Crippen LogP contribution is -2.39. The molecule has 0 aliphatic heterocycles. The van der Waals surface area contributed by atoms with E-state index in [1.165, 1.54) is 12.8 Å². The summed E-state index contributed by atoms with van der Waals surface area (Å²) in [6.45, 7) is 3.15. The number of methoxy groups -OCH3 is 1. The van der Waals surface area contributed by atoms with Crippen LogP contribution in [0.1, 0.15) is 25.3 Å². The van der Waals surface area contributed by atoms with E-state index >= 15 is 0 Å². The average molecular weight is 220 g/mol. The van der Waals surface area contributed by atoms with Crippen molar-refractivity contribution in [1.82, 2.24) is 5.32 Å². The third kappa shape index (κ3) is 2.47. The minimum atomic E-state index is 0.677. The van der Waals surface area contributed by atoms with Crippen LogP contribution < -0.4 is 15.8 Å². The largest absolute Gasteiger partial charge is 0.497 e. The lowest BCUT2D eigenvalue weighted by atomic mass is 9.82. The molecule has 0 bridgehead atoms. The first-order valence-electron chi connectivity index (χ1n) is 5.85. The number of hydrogen-bond acceptors (Lipinski definition) is 3. The van der Waals surface area contributed by atoms with Gasteiger partial charge in [-0.3, -0.25) is 0 Å². The van der Waals surface area contributed by atoms with Gasteiger partial charge in [-0.1, -0.05) is 13.0 Å². The summed E-state index contributed by atoms with van der Waals surface area (Å²) < 4.78 is 5.12. The van der Waals surface area contributed by atoms with E-state index in [0.29, 0.717) is 6.04 Å². The molecule has 88 valence electrons. The molecule has 0 radical (unpaired) electrons. The lowest BCUT2D eigenvalue weighted by molar-refractivity contribution is 0.240. The Bertz CT molecular complexity index is 359. The lowest BCUT2D eigenvalue weighted by Gasteiger charge is -2.33. The predicted molar refractivity (Wildman–Crippen MR) is 66.4 cm³/mol. The van der Waals surface area contributed by atoms with E-state index in [1.54, 1.807) is 7.11 Å². The van der Waals surface area contributed by atoms with Crippen LogP contribution >= 0.6 is 0 Å². The van der Waals surface area contributed by atoms with Gasteiger partial charge in [-0.25, -0.2) is 0 Å². The van der Waals surface area contributed by atoms with Crippen molar-refractivity contribution in [3.8, 4) is 5.75 Å². The molecule has 3 heteroatoms. The molecule has 0 heterocycles. The molecule has 1 aromatic rings. The van der Waals surface area contributed by atoms with Crippen molar-refractivity contribution in [2.45, 2.75) is 32.4 Å². The van der Waals surface area contributed by atoms with Gasteiger partial charge in [-0.2, -0.15) is 0 Å². The molecule has 1 aromatic carbocycles. The highest BCUT2D eigenvalue weighted by molar-refractivity contribution is 5.51. The standard InChI is InChI=1S/C13H20N2O/c1-9-5-11(6-9)15-8-10-3-4-12(16-2)7-13(10)14/h3-4,7,9,11,15H,5-6,8,14H2,1-2H3. The normalized spacial score (nSPS) is 23.9. The van der Waals surface area contributed by atoms with Crippen LogP contribution in [0, 0.1) is 5.92 Å². The molecular weight excluding hydrogens is 200 g/mol. The van der Waals surface area contributed by atoms with Crippen molar-refractivity contribution in [1.29, 1.82) is 0 Å². The van der Waals surface area contributed by atoms with Gasteiger partial charge in [0.15, 0.2) is 0 Å². The van der Waals surface area contributed by atoms with Crippen molar-refractivity contribution in [2.24, 2.45) is 5.92 Å². The molecule has 1 fully saturated rings. The number of benzene rings is 1. The Labute approximate surface area is 97.0 Å². The Balaban J connectivity index is 1.89. The maximum Gasteiger partial charge on any atom is 0.120 e. The zero-order valence-electron chi connectivity index (χ0n) is 9.99. The fourth-order valence-corrected chi connectivity index (χ4v) is 2.18. The summed E-state index contributed by atoms with van der Waals surface area (Å²) in [6.07, 6.45) is 2.58. The topological polar surface area (TPSA) is 47.3 Å². The van der Waals surface area contributed by atoms with Crippen LogP contribution in [0.4, 0.5) is 5.69 Å². The van der Waals surface area contributed by atoms with Gasteiger partial charge in [0.05, 0.1) is 7.11 Å². The summed E-state index contributed by atoms with van der Waals surface area (Å²) in [5, 5.41) is 3.52. The molecule has 0 atom stereocenters. The van der Waals surface area contributed by atoms with E-state index < -0.39 is 0 Å². The van der Waals surface area contributed by atoms with Crippen LogP contribution in [0.25, 0.3) is 0 Å². The third-order valence-electron chi connectivity index (χ3n) is 3.31. The molecule has 0 unspecified atom stereocenters. The third-order valence-corrected chi connectivity index (χ3v) is 3.31. The molecule has 16 heavy (non-hydrogen) atoms. The average Bonchev–Trinajstić information content (AvgIpc) is 2.24. The maximum atomic E-state index is 5.95. The molecular formula is C13H20N2O. The summed E-state index contributed by atoms with van der Waals surface area (Å²) in [4.78, 5) is 0. The van der Waals surface area contributed by atoms with Gasteiger partial charge in [0.25, 0.3) is 0 Å². The van der Waals surface area contributed by atoms with Crippen LogP contribution in [0.3, 0.4) is 0 Å². The SMILES string of the molecule is COc1ccc(CNC2CC(C)C2)c(N)c1. The number of nitrogen functional groups attached to an aromatic ring is 1. The van der Waals surface area contributed by atoms with Gasteiger partial charge in [0, 0.05) is 24.3 Å². The van der Waals surface area contributed by atoms with Crippen molar-refractivity contribution >= 4 is 5.69 Å². The van der Waals surface area contributed by atoms with Crippen LogP contribution in [0.5, 0.6) is 5.75 Å². The highest BCUT2D eigenvalue weighted by Crippen LogP contribution is 2.27. The molecule has 1 aliphatic carbocycles. The van der Waals surface area contributed by atoms with Crippen molar-refractivity contribution < 1.29 is 4.74 Å². The van der Waals surface area contributed by atoms with Crippen LogP contribution in [0.15, 0.2) is 18.2 Å². The molecule has 1 aliphatic rings. The first-order valence-corrected chi connectivity index (χ1v) is 5.85. The van der Waals surface area contributed by atoms with Crippen LogP contribution in [-0.2, 0) is 6.54 Å². The molecule has 0 spiro atoms. The second-order valence-corrected chi connectivity index (χ2v) is 4.72. The van der Waals surface area contributed by atoms with E-state index in [0.717, 1.165) is 29.5 Å². The number of ether oxygens (including phenoxy) is 1. The highest BCUT2D eigenvalue weighted by Gasteiger charge is 2.24. The van der Waals surface area contributed by atoms with Gasteiger partial charge in [-0.15, -0.1) is 0 Å². The molecule has 3 N–H and O–H groups in total. The fraction of sp³-hybridized carbons (Fsp3) is 0.538. The monoisotopic (exact) mass is 220 g/mol. The van der Waals surface area contributed by atoms with E-state index in [9.17, 15) is 0 Å². The van der Waals surface area contributed by atoms with Crippen molar-refractivity contribution in [3.63, 3.8) is 0 Å². The van der Waals surface area contributed by atoms with E-state index in [4.69, 9.17) is 10.5 Å². The summed E-state index contributed by atoms with van der Waals surface area (Å²) in [7, 11) is 1.66. The fourth-order valence-electron chi connectivity index (χ4n) is 2.18. The predicted octanol–water partition coefficient (Wildman–Crippen LogP) is 2.17. The Morgan fingerprint density at radius 3 is 2.75 bits per heavy atom. The molecule has 2 rings (SSSR count). The number of nitrogens with one attached hydrogen (secondary N) is 1. The Morgan fingerprint density at radius 2 is 2.19 bits per heavy atom. The Hall–Kier alpha value is -1.22. The highest BCUT2D eigenvalue weighted by atomic mass is 16.5. The number of rotatable bonds is 4. The smallest absolute Gasteiger partial charge is 0.120 e. The second kappa shape index (κ2) is 4.74. The summed E-state index contributed by atoms with van der Waals surface area (Å²) in [6, 6.07) is 6.54. The van der Waals surface area contributed by atoms with Crippen LogP contribution in [-0.4, -0.2) is 13.2 Å².